The van der Waals surface area contributed by atoms with Crippen LogP contribution in [0.1, 0.15) is 31.1 Å². The highest BCUT2D eigenvalue weighted by Gasteiger charge is 2.21. The molecule has 1 amide bonds. The van der Waals surface area contributed by atoms with Crippen molar-refractivity contribution in [3.8, 4) is 11.3 Å². The van der Waals surface area contributed by atoms with Crippen LogP contribution in [0.15, 0.2) is 70.2 Å². The molecule has 0 aliphatic carbocycles. The van der Waals surface area contributed by atoms with Crippen LogP contribution < -0.4 is 9.73 Å². The van der Waals surface area contributed by atoms with Crippen molar-refractivity contribution in [2.45, 2.75) is 19.8 Å². The Balaban J connectivity index is 1.64. The number of hydrogen-bond donors (Lipinski definition) is 1. The molecule has 11 heteroatoms. The van der Waals surface area contributed by atoms with Crippen molar-refractivity contribution in [2.24, 2.45) is 5.10 Å². The summed E-state index contributed by atoms with van der Waals surface area (Å²) in [6.45, 7) is 3.62. The number of sulfonamides is 1. The van der Waals surface area contributed by atoms with Crippen LogP contribution in [0.5, 0.6) is 0 Å². The zero-order chi connectivity index (χ0) is 24.9. The molecule has 178 valence electrons. The molecule has 1 N–H and O–H groups in total. The molecule has 3 aromatic rings. The summed E-state index contributed by atoms with van der Waals surface area (Å²) >= 11 is 0. The topological polar surface area (TPSA) is 135 Å². The molecule has 0 saturated heterocycles. The number of non-ortho nitro benzene ring substituents is 1. The number of furan rings is 1. The molecule has 0 spiro atoms. The van der Waals surface area contributed by atoms with Gasteiger partial charge in [0.15, 0.2) is 0 Å². The van der Waals surface area contributed by atoms with Crippen molar-refractivity contribution in [1.82, 2.24) is 5.43 Å². The normalized spacial score (nSPS) is 11.6. The lowest BCUT2D eigenvalue weighted by atomic mass is 10.0. The van der Waals surface area contributed by atoms with Crippen LogP contribution in [0.2, 0.25) is 0 Å². The molecular formula is C23H24N4O6S. The molecule has 0 aliphatic heterocycles. The van der Waals surface area contributed by atoms with E-state index in [4.69, 9.17) is 4.42 Å². The lowest BCUT2D eigenvalue weighted by Crippen LogP contribution is -2.39. The molecule has 0 saturated carbocycles. The predicted molar refractivity (Wildman–Crippen MR) is 129 cm³/mol. The van der Waals surface area contributed by atoms with Gasteiger partial charge in [-0.3, -0.25) is 19.2 Å². The third kappa shape index (κ3) is 6.29. The summed E-state index contributed by atoms with van der Waals surface area (Å²) < 4.78 is 31.1. The molecule has 0 atom stereocenters. The zero-order valence-corrected chi connectivity index (χ0v) is 19.7. The Morgan fingerprint density at radius 1 is 1.12 bits per heavy atom. The van der Waals surface area contributed by atoms with Gasteiger partial charge in [0.1, 0.15) is 18.1 Å². The van der Waals surface area contributed by atoms with Gasteiger partial charge < -0.3 is 4.42 Å². The lowest BCUT2D eigenvalue weighted by Gasteiger charge is -2.21. The average Bonchev–Trinajstić information content (AvgIpc) is 3.26. The fourth-order valence-corrected chi connectivity index (χ4v) is 3.94. The quantitative estimate of drug-likeness (QED) is 0.278. The molecule has 1 aromatic heterocycles. The van der Waals surface area contributed by atoms with Gasteiger partial charge in [0.25, 0.3) is 11.6 Å². The lowest BCUT2D eigenvalue weighted by molar-refractivity contribution is -0.384. The molecule has 34 heavy (non-hydrogen) atoms. The van der Waals surface area contributed by atoms with Crippen molar-refractivity contribution < 1.29 is 22.6 Å². The van der Waals surface area contributed by atoms with Crippen LogP contribution in [0.3, 0.4) is 0 Å². The Morgan fingerprint density at radius 2 is 1.76 bits per heavy atom. The fourth-order valence-electron chi connectivity index (χ4n) is 3.08. The Bertz CT molecular complexity index is 1300. The van der Waals surface area contributed by atoms with Gasteiger partial charge in [-0.25, -0.2) is 13.8 Å². The number of amides is 1. The summed E-state index contributed by atoms with van der Waals surface area (Å²) in [6, 6.07) is 16.1. The van der Waals surface area contributed by atoms with Gasteiger partial charge in [-0.05, 0) is 47.9 Å². The van der Waals surface area contributed by atoms with E-state index in [2.05, 4.69) is 10.5 Å². The summed E-state index contributed by atoms with van der Waals surface area (Å²) in [6.07, 6.45) is 2.30. The fraction of sp³-hybridized carbons (Fsp3) is 0.217. The molecule has 10 nitrogen and oxygen atoms in total. The molecular weight excluding hydrogens is 460 g/mol. The van der Waals surface area contributed by atoms with E-state index in [1.807, 2.05) is 26.0 Å². The minimum atomic E-state index is -3.70. The van der Waals surface area contributed by atoms with Crippen LogP contribution in [0, 0.1) is 10.1 Å². The number of anilines is 1. The molecule has 0 bridgehead atoms. The number of carbonyl (C=O) groups excluding carboxylic acids is 1. The van der Waals surface area contributed by atoms with Gasteiger partial charge in [-0.15, -0.1) is 0 Å². The Morgan fingerprint density at radius 3 is 2.32 bits per heavy atom. The van der Waals surface area contributed by atoms with Crippen molar-refractivity contribution >= 4 is 33.5 Å². The van der Waals surface area contributed by atoms with E-state index >= 15 is 0 Å². The maximum absolute atomic E-state index is 12.3. The summed E-state index contributed by atoms with van der Waals surface area (Å²) in [4.78, 5) is 22.6. The number of hydrazone groups is 1. The van der Waals surface area contributed by atoms with Crippen LogP contribution in [0.25, 0.3) is 11.3 Å². The van der Waals surface area contributed by atoms with Gasteiger partial charge >= 0.3 is 0 Å². The number of rotatable bonds is 9. The Hall–Kier alpha value is -3.99. The van der Waals surface area contributed by atoms with E-state index in [1.165, 1.54) is 18.3 Å². The minimum Gasteiger partial charge on any atom is -0.455 e. The number of benzene rings is 2. The number of nitrogens with zero attached hydrogens (tertiary/aromatic N) is 3. The number of nitro benzene ring substituents is 1. The van der Waals surface area contributed by atoms with E-state index in [0.717, 1.165) is 16.1 Å². The molecule has 0 aliphatic rings. The molecule has 2 aromatic carbocycles. The van der Waals surface area contributed by atoms with Gasteiger partial charge in [-0.2, -0.15) is 5.10 Å². The number of nitrogens with one attached hydrogen (secondary N) is 1. The van der Waals surface area contributed by atoms with Gasteiger partial charge in [0.05, 0.1) is 23.1 Å². The summed E-state index contributed by atoms with van der Waals surface area (Å²) in [5.41, 5.74) is 4.34. The first kappa shape index (κ1) is 24.6. The van der Waals surface area contributed by atoms with Crippen molar-refractivity contribution in [3.63, 3.8) is 0 Å². The SMILES string of the molecule is CC(C)c1ccc(N(CC(=O)N/N=C/c2ccc(-c3ccc([N+](=O)[O-])cc3)o2)S(C)(=O)=O)cc1. The third-order valence-electron chi connectivity index (χ3n) is 4.91. The molecule has 0 unspecified atom stereocenters. The highest BCUT2D eigenvalue weighted by Crippen LogP contribution is 2.24. The van der Waals surface area contributed by atoms with Gasteiger partial charge in [0.2, 0.25) is 10.0 Å². The molecule has 0 fully saturated rings. The smallest absolute Gasteiger partial charge is 0.269 e. The summed E-state index contributed by atoms with van der Waals surface area (Å²) in [5, 5.41) is 14.6. The van der Waals surface area contributed by atoms with Gasteiger partial charge in [-0.1, -0.05) is 26.0 Å². The van der Waals surface area contributed by atoms with Crippen molar-refractivity contribution in [1.29, 1.82) is 0 Å². The molecule has 3 rings (SSSR count). The zero-order valence-electron chi connectivity index (χ0n) is 18.8. The highest BCUT2D eigenvalue weighted by atomic mass is 32.2. The van der Waals surface area contributed by atoms with Crippen molar-refractivity contribution in [2.75, 3.05) is 17.1 Å². The standard InChI is InChI=1S/C23H24N4O6S/c1-16(2)17-4-8-19(9-5-17)26(34(3,31)32)15-23(28)25-24-14-21-12-13-22(33-21)18-6-10-20(11-7-18)27(29)30/h4-14,16H,15H2,1-3H3,(H,25,28)/b24-14+. The third-order valence-corrected chi connectivity index (χ3v) is 6.05. The second kappa shape index (κ2) is 10.3. The molecule has 0 radical (unpaired) electrons. The monoisotopic (exact) mass is 484 g/mol. The molecule has 1 heterocycles. The van der Waals surface area contributed by atoms with Crippen LogP contribution >= 0.6 is 0 Å². The number of hydrogen-bond acceptors (Lipinski definition) is 7. The van der Waals surface area contributed by atoms with Crippen LogP contribution in [-0.4, -0.2) is 38.3 Å². The van der Waals surface area contributed by atoms with Gasteiger partial charge in [0, 0.05) is 17.7 Å². The van der Waals surface area contributed by atoms with E-state index in [9.17, 15) is 23.3 Å². The second-order valence-corrected chi connectivity index (χ2v) is 9.72. The average molecular weight is 485 g/mol. The number of nitro groups is 1. The van der Waals surface area contributed by atoms with E-state index in [-0.39, 0.29) is 5.69 Å². The summed E-state index contributed by atoms with van der Waals surface area (Å²) in [7, 11) is -3.70. The number of carbonyl (C=O) groups is 1. The predicted octanol–water partition coefficient (Wildman–Crippen LogP) is 3.89. The first-order chi connectivity index (χ1) is 16.0. The largest absolute Gasteiger partial charge is 0.455 e. The Labute approximate surface area is 197 Å². The maximum Gasteiger partial charge on any atom is 0.269 e. The second-order valence-electron chi connectivity index (χ2n) is 7.82. The van der Waals surface area contributed by atoms with Crippen molar-refractivity contribution in [3.05, 3.63) is 82.1 Å². The van der Waals surface area contributed by atoms with Crippen LogP contribution in [-0.2, 0) is 14.8 Å². The van der Waals surface area contributed by atoms with Crippen LogP contribution in [0.4, 0.5) is 11.4 Å². The van der Waals surface area contributed by atoms with E-state index in [0.29, 0.717) is 28.7 Å². The van der Waals surface area contributed by atoms with E-state index in [1.54, 1.807) is 36.4 Å². The first-order valence-corrected chi connectivity index (χ1v) is 12.1. The maximum atomic E-state index is 12.3. The Kier molecular flexibility index (Phi) is 7.47. The first-order valence-electron chi connectivity index (χ1n) is 10.3. The minimum absolute atomic E-state index is 0.0289. The summed E-state index contributed by atoms with van der Waals surface area (Å²) in [5.74, 6) is 0.464. The highest BCUT2D eigenvalue weighted by molar-refractivity contribution is 7.92. The van der Waals surface area contributed by atoms with E-state index < -0.39 is 27.4 Å².